The predicted octanol–water partition coefficient (Wildman–Crippen LogP) is 2.02. The van der Waals surface area contributed by atoms with Crippen molar-refractivity contribution in [2.75, 3.05) is 27.3 Å². The first-order valence-corrected chi connectivity index (χ1v) is 10.9. The molecule has 1 N–H and O–H groups in total. The fourth-order valence-corrected chi connectivity index (χ4v) is 4.92. The van der Waals surface area contributed by atoms with Gasteiger partial charge in [0.15, 0.2) is 11.5 Å². The van der Waals surface area contributed by atoms with Gasteiger partial charge in [0, 0.05) is 37.0 Å². The molecule has 0 atom stereocenters. The highest BCUT2D eigenvalue weighted by atomic mass is 32.2. The number of methoxy groups -OCH3 is 2. The second-order valence-electron chi connectivity index (χ2n) is 6.10. The zero-order valence-electron chi connectivity index (χ0n) is 15.2. The Kier molecular flexibility index (Phi) is 6.03. The van der Waals surface area contributed by atoms with Crippen LogP contribution < -0.4 is 14.2 Å². The van der Waals surface area contributed by atoms with Crippen LogP contribution in [0, 0.1) is 0 Å². The number of hydrogen-bond donors (Lipinski definition) is 1. The molecule has 0 aliphatic carbocycles. The summed E-state index contributed by atoms with van der Waals surface area (Å²) in [6.07, 6.45) is 0.974. The molecule has 0 unspecified atom stereocenters. The number of rotatable bonds is 7. The van der Waals surface area contributed by atoms with Gasteiger partial charge >= 0.3 is 0 Å². The molecule has 1 aromatic carbocycles. The lowest BCUT2D eigenvalue weighted by atomic mass is 10.1. The third-order valence-electron chi connectivity index (χ3n) is 4.46. The van der Waals surface area contributed by atoms with Crippen molar-refractivity contribution >= 4 is 27.3 Å². The Balaban J connectivity index is 1.57. The van der Waals surface area contributed by atoms with Gasteiger partial charge in [-0.15, -0.1) is 11.3 Å². The van der Waals surface area contributed by atoms with Crippen molar-refractivity contribution < 1.29 is 22.7 Å². The number of amides is 1. The number of ether oxygens (including phenoxy) is 2. The maximum absolute atomic E-state index is 12.5. The van der Waals surface area contributed by atoms with Gasteiger partial charge in [-0.25, -0.2) is 13.1 Å². The minimum atomic E-state index is -3.74. The lowest BCUT2D eigenvalue weighted by Crippen LogP contribution is -2.37. The summed E-state index contributed by atoms with van der Waals surface area (Å²) in [5.41, 5.74) is 1.19. The lowest BCUT2D eigenvalue weighted by molar-refractivity contribution is -0.131. The average molecular weight is 411 g/mol. The van der Waals surface area contributed by atoms with Crippen LogP contribution in [0.2, 0.25) is 0 Å². The summed E-state index contributed by atoms with van der Waals surface area (Å²) in [5, 5.41) is 2.04. The number of nitrogens with one attached hydrogen (secondary N) is 1. The van der Waals surface area contributed by atoms with Crippen molar-refractivity contribution in [3.8, 4) is 11.5 Å². The number of carbonyl (C=O) groups excluding carboxylic acids is 1. The summed E-state index contributed by atoms with van der Waals surface area (Å²) in [6, 6.07) is 6.41. The van der Waals surface area contributed by atoms with Crippen LogP contribution >= 0.6 is 11.3 Å². The van der Waals surface area contributed by atoms with Crippen molar-refractivity contribution in [1.29, 1.82) is 0 Å². The minimum absolute atomic E-state index is 0.0442. The molecule has 0 spiro atoms. The molecular formula is C18H22N2O5S2. The van der Waals surface area contributed by atoms with Crippen LogP contribution in [0.1, 0.15) is 16.9 Å². The standard InChI is InChI=1S/C18H22N2O5S2/c1-24-15-4-3-14(11-16(15)25-2)27(22,23)19-8-5-18(21)20-9-6-17-13(12-20)7-10-26-17/h3-4,7,10-11,19H,5-6,8-9,12H2,1-2H3. The molecule has 2 aromatic rings. The van der Waals surface area contributed by atoms with E-state index in [9.17, 15) is 13.2 Å². The summed E-state index contributed by atoms with van der Waals surface area (Å²) in [7, 11) is -0.815. The van der Waals surface area contributed by atoms with Crippen molar-refractivity contribution in [1.82, 2.24) is 9.62 Å². The van der Waals surface area contributed by atoms with E-state index < -0.39 is 10.0 Å². The predicted molar refractivity (Wildman–Crippen MR) is 103 cm³/mol. The number of nitrogens with zero attached hydrogens (tertiary/aromatic N) is 1. The fourth-order valence-electron chi connectivity index (χ4n) is 2.98. The van der Waals surface area contributed by atoms with E-state index in [1.54, 1.807) is 16.2 Å². The van der Waals surface area contributed by atoms with Crippen molar-refractivity contribution in [3.05, 3.63) is 40.1 Å². The highest BCUT2D eigenvalue weighted by molar-refractivity contribution is 7.89. The summed E-state index contributed by atoms with van der Waals surface area (Å²) < 4.78 is 37.6. The molecule has 1 aliphatic heterocycles. The summed E-state index contributed by atoms with van der Waals surface area (Å²) in [5.74, 6) is 0.725. The van der Waals surface area contributed by atoms with Gasteiger partial charge in [0.05, 0.1) is 19.1 Å². The van der Waals surface area contributed by atoms with E-state index in [-0.39, 0.29) is 23.8 Å². The third kappa shape index (κ3) is 4.42. The zero-order valence-corrected chi connectivity index (χ0v) is 16.9. The molecule has 3 rings (SSSR count). The van der Waals surface area contributed by atoms with Crippen LogP contribution in [-0.4, -0.2) is 46.5 Å². The quantitative estimate of drug-likeness (QED) is 0.755. The Bertz CT molecular complexity index is 924. The molecule has 1 aromatic heterocycles. The number of sulfonamides is 1. The summed E-state index contributed by atoms with van der Waals surface area (Å²) in [4.78, 5) is 15.6. The largest absolute Gasteiger partial charge is 0.493 e. The maximum atomic E-state index is 12.5. The molecule has 9 heteroatoms. The number of benzene rings is 1. The van der Waals surface area contributed by atoms with Crippen molar-refractivity contribution in [2.45, 2.75) is 24.3 Å². The van der Waals surface area contributed by atoms with Gasteiger partial charge in [-0.1, -0.05) is 0 Å². The Morgan fingerprint density at radius 1 is 1.22 bits per heavy atom. The first-order valence-electron chi connectivity index (χ1n) is 8.49. The third-order valence-corrected chi connectivity index (χ3v) is 6.94. The van der Waals surface area contributed by atoms with Gasteiger partial charge in [-0.3, -0.25) is 4.79 Å². The normalized spacial score (nSPS) is 13.9. The van der Waals surface area contributed by atoms with E-state index in [4.69, 9.17) is 9.47 Å². The molecule has 0 radical (unpaired) electrons. The van der Waals surface area contributed by atoms with Gasteiger partial charge in [-0.05, 0) is 35.6 Å². The first-order chi connectivity index (χ1) is 12.9. The monoisotopic (exact) mass is 410 g/mol. The zero-order chi connectivity index (χ0) is 19.4. The van der Waals surface area contributed by atoms with Crippen LogP contribution in [0.3, 0.4) is 0 Å². The first kappa shape index (κ1) is 19.7. The van der Waals surface area contributed by atoms with Gasteiger partial charge in [-0.2, -0.15) is 0 Å². The number of fused-ring (bicyclic) bond motifs is 1. The van der Waals surface area contributed by atoms with E-state index in [0.29, 0.717) is 24.6 Å². The summed E-state index contributed by atoms with van der Waals surface area (Å²) >= 11 is 1.71. The number of hydrogen-bond acceptors (Lipinski definition) is 6. The smallest absolute Gasteiger partial charge is 0.240 e. The minimum Gasteiger partial charge on any atom is -0.493 e. The lowest BCUT2D eigenvalue weighted by Gasteiger charge is -2.27. The van der Waals surface area contributed by atoms with Crippen LogP contribution in [0.15, 0.2) is 34.5 Å². The molecule has 0 bridgehead atoms. The van der Waals surface area contributed by atoms with E-state index in [0.717, 1.165) is 6.42 Å². The molecule has 7 nitrogen and oxygen atoms in total. The summed E-state index contributed by atoms with van der Waals surface area (Å²) in [6.45, 7) is 1.32. The van der Waals surface area contributed by atoms with E-state index in [1.807, 2.05) is 11.4 Å². The second-order valence-corrected chi connectivity index (χ2v) is 8.87. The van der Waals surface area contributed by atoms with Crippen molar-refractivity contribution in [3.63, 3.8) is 0 Å². The molecule has 0 saturated heterocycles. The second kappa shape index (κ2) is 8.28. The van der Waals surface area contributed by atoms with E-state index in [1.165, 1.54) is 42.9 Å². The van der Waals surface area contributed by atoms with E-state index >= 15 is 0 Å². The highest BCUT2D eigenvalue weighted by Crippen LogP contribution is 2.29. The van der Waals surface area contributed by atoms with Crippen molar-refractivity contribution in [2.24, 2.45) is 0 Å². The number of thiophene rings is 1. The van der Waals surface area contributed by atoms with Gasteiger partial charge in [0.25, 0.3) is 0 Å². The molecular weight excluding hydrogens is 388 g/mol. The molecule has 0 fully saturated rings. The van der Waals surface area contributed by atoms with Crippen LogP contribution in [0.4, 0.5) is 0 Å². The Morgan fingerprint density at radius 3 is 2.74 bits per heavy atom. The van der Waals surface area contributed by atoms with Crippen LogP contribution in [-0.2, 0) is 27.8 Å². The van der Waals surface area contributed by atoms with Gasteiger partial charge in [0.2, 0.25) is 15.9 Å². The molecule has 27 heavy (non-hydrogen) atoms. The Labute approximate surface area is 163 Å². The van der Waals surface area contributed by atoms with Gasteiger partial charge < -0.3 is 14.4 Å². The Hall–Kier alpha value is -2.10. The van der Waals surface area contributed by atoms with Crippen LogP contribution in [0.5, 0.6) is 11.5 Å². The van der Waals surface area contributed by atoms with Gasteiger partial charge in [0.1, 0.15) is 0 Å². The topological polar surface area (TPSA) is 84.9 Å². The highest BCUT2D eigenvalue weighted by Gasteiger charge is 2.22. The SMILES string of the molecule is COc1ccc(S(=O)(=O)NCCC(=O)N2CCc3sccc3C2)cc1OC. The molecule has 2 heterocycles. The maximum Gasteiger partial charge on any atom is 0.240 e. The number of carbonyl (C=O) groups is 1. The molecule has 1 aliphatic rings. The Morgan fingerprint density at radius 2 is 2.00 bits per heavy atom. The molecule has 0 saturated carbocycles. The molecule has 1 amide bonds. The average Bonchev–Trinajstić information content (AvgIpc) is 3.14. The van der Waals surface area contributed by atoms with E-state index in [2.05, 4.69) is 4.72 Å². The van der Waals surface area contributed by atoms with Crippen LogP contribution in [0.25, 0.3) is 0 Å². The fraction of sp³-hybridized carbons (Fsp3) is 0.389. The molecule has 146 valence electrons.